The molecule has 2 atom stereocenters. The summed E-state index contributed by atoms with van der Waals surface area (Å²) < 4.78 is 11.7. The molecule has 0 saturated heterocycles. The summed E-state index contributed by atoms with van der Waals surface area (Å²) in [5.74, 6) is -1.18. The lowest BCUT2D eigenvalue weighted by Gasteiger charge is -2.32. The molecule has 0 radical (unpaired) electrons. The number of nitrogens with zero attached hydrogens (tertiary/aromatic N) is 2. The van der Waals surface area contributed by atoms with E-state index in [1.165, 1.54) is 0 Å². The van der Waals surface area contributed by atoms with E-state index < -0.39 is 35.9 Å². The maximum Gasteiger partial charge on any atom is 0.417 e. The number of hydrogen-bond acceptors (Lipinski definition) is 9. The van der Waals surface area contributed by atoms with E-state index in [0.717, 1.165) is 32.9 Å². The van der Waals surface area contributed by atoms with Gasteiger partial charge in [-0.1, -0.05) is 98.0 Å². The summed E-state index contributed by atoms with van der Waals surface area (Å²) in [6, 6.07) is 23.7. The van der Waals surface area contributed by atoms with Crippen molar-refractivity contribution in [2.75, 3.05) is 5.32 Å². The number of imide groups is 1. The predicted molar refractivity (Wildman–Crippen MR) is 167 cm³/mol. The van der Waals surface area contributed by atoms with Gasteiger partial charge in [-0.2, -0.15) is 0 Å². The lowest BCUT2D eigenvalue weighted by Crippen LogP contribution is -2.57. The van der Waals surface area contributed by atoms with E-state index in [9.17, 15) is 14.4 Å². The van der Waals surface area contributed by atoms with Crippen LogP contribution in [-0.4, -0.2) is 45.1 Å². The second-order valence-electron chi connectivity index (χ2n) is 10.1. The standard InChI is InChI=1S/C31H33N5O5S2/c1-20(2)26(27(37)33-29-34-35-30(42)43-29)36(31(39)41-19-23-11-7-4-8-12-23)28(38)25(32)17-21-13-15-24(16-14-21)40-18-22-9-5-3-6-10-22/h3-16,20,25-26H,17-19,32H2,1-2H3,(H,35,42)(H,33,34,37)/t25-,26-/m0/s1. The smallest absolute Gasteiger partial charge is 0.417 e. The molecule has 0 spiro atoms. The van der Waals surface area contributed by atoms with Crippen molar-refractivity contribution in [2.45, 2.75) is 45.6 Å². The van der Waals surface area contributed by atoms with Crippen LogP contribution in [0.2, 0.25) is 0 Å². The van der Waals surface area contributed by atoms with Crippen molar-refractivity contribution in [1.29, 1.82) is 0 Å². The van der Waals surface area contributed by atoms with Gasteiger partial charge in [0, 0.05) is 0 Å². The van der Waals surface area contributed by atoms with Crippen LogP contribution in [-0.2, 0) is 34.0 Å². The number of ether oxygens (including phenoxy) is 2. The first-order chi connectivity index (χ1) is 20.7. The number of aromatic nitrogens is 2. The summed E-state index contributed by atoms with van der Waals surface area (Å²) >= 11 is 6.10. The number of carbonyl (C=O) groups excluding carboxylic acids is 3. The van der Waals surface area contributed by atoms with Crippen molar-refractivity contribution in [3.63, 3.8) is 0 Å². The van der Waals surface area contributed by atoms with Gasteiger partial charge in [0.1, 0.15) is 25.0 Å². The normalized spacial score (nSPS) is 12.3. The van der Waals surface area contributed by atoms with Crippen molar-refractivity contribution in [1.82, 2.24) is 15.1 Å². The van der Waals surface area contributed by atoms with Crippen molar-refractivity contribution in [3.05, 3.63) is 106 Å². The molecule has 0 saturated carbocycles. The number of rotatable bonds is 12. The molecule has 3 amide bonds. The summed E-state index contributed by atoms with van der Waals surface area (Å²) in [5, 5.41) is 9.40. The summed E-state index contributed by atoms with van der Waals surface area (Å²) in [5.41, 5.74) is 8.90. The van der Waals surface area contributed by atoms with Crippen molar-refractivity contribution in [3.8, 4) is 5.75 Å². The zero-order valence-electron chi connectivity index (χ0n) is 23.8. The van der Waals surface area contributed by atoms with E-state index in [1.807, 2.05) is 60.7 Å². The van der Waals surface area contributed by atoms with Gasteiger partial charge in [-0.3, -0.25) is 20.0 Å². The number of anilines is 1. The molecule has 4 rings (SSSR count). The molecule has 0 unspecified atom stereocenters. The highest BCUT2D eigenvalue weighted by molar-refractivity contribution is 7.73. The average Bonchev–Trinajstić information content (AvgIpc) is 3.42. The highest BCUT2D eigenvalue weighted by Crippen LogP contribution is 2.21. The van der Waals surface area contributed by atoms with Crippen LogP contribution in [0.1, 0.15) is 30.5 Å². The molecule has 0 aliphatic carbocycles. The Bertz CT molecular complexity index is 1560. The molecule has 3 aromatic carbocycles. The lowest BCUT2D eigenvalue weighted by molar-refractivity contribution is -0.139. The number of nitrogens with one attached hydrogen (secondary N) is 2. The first-order valence-electron chi connectivity index (χ1n) is 13.6. The third kappa shape index (κ3) is 9.05. The Kier molecular flexibility index (Phi) is 11.1. The van der Waals surface area contributed by atoms with Crippen LogP contribution in [0.5, 0.6) is 5.75 Å². The Hall–Kier alpha value is -4.39. The largest absolute Gasteiger partial charge is 0.489 e. The minimum atomic E-state index is -1.23. The summed E-state index contributed by atoms with van der Waals surface area (Å²) in [4.78, 5) is 41.5. The fraction of sp³-hybridized carbons (Fsp3) is 0.258. The van der Waals surface area contributed by atoms with Gasteiger partial charge in [0.05, 0.1) is 6.04 Å². The summed E-state index contributed by atoms with van der Waals surface area (Å²) in [6.45, 7) is 3.78. The lowest BCUT2D eigenvalue weighted by atomic mass is 9.99. The van der Waals surface area contributed by atoms with Gasteiger partial charge >= 0.3 is 6.09 Å². The molecule has 0 bridgehead atoms. The van der Waals surface area contributed by atoms with E-state index in [-0.39, 0.29) is 18.2 Å². The number of hydrogen-bond donors (Lipinski definition) is 3. The van der Waals surface area contributed by atoms with Crippen LogP contribution in [0.15, 0.2) is 84.9 Å². The molecule has 10 nitrogen and oxygen atoms in total. The Balaban J connectivity index is 1.50. The molecule has 0 fully saturated rings. The minimum absolute atomic E-state index is 0.0870. The molecule has 1 aromatic heterocycles. The Morgan fingerprint density at radius 1 is 0.930 bits per heavy atom. The minimum Gasteiger partial charge on any atom is -0.489 e. The number of H-pyrrole nitrogens is 1. The molecule has 1 heterocycles. The second kappa shape index (κ2) is 15.2. The van der Waals surface area contributed by atoms with Gasteiger partial charge < -0.3 is 15.2 Å². The molecule has 0 aliphatic rings. The first kappa shape index (κ1) is 31.5. The fourth-order valence-corrected chi connectivity index (χ4v) is 5.09. The zero-order chi connectivity index (χ0) is 30.8. The maximum absolute atomic E-state index is 13.8. The first-order valence-corrected chi connectivity index (χ1v) is 14.8. The Morgan fingerprint density at radius 2 is 1.53 bits per heavy atom. The van der Waals surface area contributed by atoms with Crippen molar-refractivity contribution >= 4 is 46.6 Å². The Morgan fingerprint density at radius 3 is 2.09 bits per heavy atom. The topological polar surface area (TPSA) is 140 Å². The van der Waals surface area contributed by atoms with Crippen LogP contribution in [0.4, 0.5) is 9.93 Å². The summed E-state index contributed by atoms with van der Waals surface area (Å²) in [7, 11) is 0. The molecule has 0 aliphatic heterocycles. The van der Waals surface area contributed by atoms with E-state index >= 15 is 0 Å². The number of benzene rings is 3. The SMILES string of the molecule is CC(C)[C@@H](C(=O)Nc1n[nH]c(=S)s1)N(C(=O)OCc1ccccc1)C(=O)[C@@H](N)Cc1ccc(OCc2ccccc2)cc1. The molecule has 43 heavy (non-hydrogen) atoms. The van der Waals surface area contributed by atoms with Crippen molar-refractivity contribution < 1.29 is 23.9 Å². The number of aromatic amines is 1. The number of carbonyl (C=O) groups is 3. The molecule has 4 aromatic rings. The van der Waals surface area contributed by atoms with Crippen LogP contribution in [0, 0.1) is 9.87 Å². The van der Waals surface area contributed by atoms with Gasteiger partial charge in [0.15, 0.2) is 3.95 Å². The number of nitrogens with two attached hydrogens (primary N) is 1. The van der Waals surface area contributed by atoms with Crippen LogP contribution < -0.4 is 15.8 Å². The monoisotopic (exact) mass is 619 g/mol. The highest BCUT2D eigenvalue weighted by Gasteiger charge is 2.40. The highest BCUT2D eigenvalue weighted by atomic mass is 32.1. The predicted octanol–water partition coefficient (Wildman–Crippen LogP) is 5.48. The molecule has 4 N–H and O–H groups in total. The molecular formula is C31H33N5O5S2. The van der Waals surface area contributed by atoms with E-state index in [4.69, 9.17) is 27.4 Å². The van der Waals surface area contributed by atoms with Crippen LogP contribution in [0.3, 0.4) is 0 Å². The van der Waals surface area contributed by atoms with Gasteiger partial charge in [-0.15, -0.1) is 5.10 Å². The third-order valence-corrected chi connectivity index (χ3v) is 7.43. The zero-order valence-corrected chi connectivity index (χ0v) is 25.4. The van der Waals surface area contributed by atoms with E-state index in [1.54, 1.807) is 38.1 Å². The Labute approximate surface area is 258 Å². The molecule has 224 valence electrons. The van der Waals surface area contributed by atoms with Crippen LogP contribution >= 0.6 is 23.6 Å². The van der Waals surface area contributed by atoms with Crippen LogP contribution in [0.25, 0.3) is 0 Å². The third-order valence-electron chi connectivity index (χ3n) is 6.43. The average molecular weight is 620 g/mol. The molecular weight excluding hydrogens is 587 g/mol. The molecule has 12 heteroatoms. The second-order valence-corrected chi connectivity index (χ2v) is 11.7. The van der Waals surface area contributed by atoms with E-state index in [0.29, 0.717) is 16.3 Å². The maximum atomic E-state index is 13.8. The van der Waals surface area contributed by atoms with Gasteiger partial charge in [0.25, 0.3) is 0 Å². The summed E-state index contributed by atoms with van der Waals surface area (Å²) in [6.07, 6.45) is -0.856. The van der Waals surface area contributed by atoms with E-state index in [2.05, 4.69) is 15.5 Å². The fourth-order valence-electron chi connectivity index (χ4n) is 4.29. The number of amides is 3. The van der Waals surface area contributed by atoms with Gasteiger partial charge in [-0.25, -0.2) is 9.69 Å². The van der Waals surface area contributed by atoms with Gasteiger partial charge in [-0.05, 0) is 53.4 Å². The quantitative estimate of drug-likeness (QED) is 0.177. The van der Waals surface area contributed by atoms with Crippen molar-refractivity contribution in [2.24, 2.45) is 11.7 Å². The van der Waals surface area contributed by atoms with Gasteiger partial charge in [0.2, 0.25) is 16.9 Å².